The van der Waals surface area contributed by atoms with Crippen molar-refractivity contribution in [1.82, 2.24) is 20.4 Å². The highest BCUT2D eigenvalue weighted by Crippen LogP contribution is 2.23. The first-order valence-electron chi connectivity index (χ1n) is 10.0. The number of hydrogen-bond donors (Lipinski definition) is 3. The Hall–Kier alpha value is -3.23. The molecule has 1 aromatic heterocycles. The molecule has 1 aromatic carbocycles. The number of carbonyl (C=O) groups is 2. The molecule has 1 aliphatic rings. The molecule has 1 aliphatic carbocycles. The Kier molecular flexibility index (Phi) is 6.81. The summed E-state index contributed by atoms with van der Waals surface area (Å²) in [6, 6.07) is 4.37. The van der Waals surface area contributed by atoms with E-state index in [1.54, 1.807) is 13.0 Å². The van der Waals surface area contributed by atoms with Crippen LogP contribution in [0.4, 0.5) is 9.18 Å². The first kappa shape index (κ1) is 21.5. The van der Waals surface area contributed by atoms with E-state index in [-0.39, 0.29) is 24.2 Å². The summed E-state index contributed by atoms with van der Waals surface area (Å²) in [5.41, 5.74) is 2.96. The van der Waals surface area contributed by atoms with Gasteiger partial charge >= 0.3 is 6.09 Å². The highest BCUT2D eigenvalue weighted by Gasteiger charge is 2.21. The highest BCUT2D eigenvalue weighted by atomic mass is 19.1. The van der Waals surface area contributed by atoms with Crippen molar-refractivity contribution >= 4 is 12.0 Å². The summed E-state index contributed by atoms with van der Waals surface area (Å²) in [4.78, 5) is 36.8. The number of likely N-dealkylation sites (N-methyl/N-ethyl adjacent to an activating group) is 1. The molecule has 0 bridgehead atoms. The molecule has 0 saturated carbocycles. The van der Waals surface area contributed by atoms with Crippen molar-refractivity contribution in [1.29, 1.82) is 0 Å². The molecule has 30 heavy (non-hydrogen) atoms. The molecule has 0 unspecified atom stereocenters. The quantitative estimate of drug-likeness (QED) is 0.639. The van der Waals surface area contributed by atoms with Crippen LogP contribution >= 0.6 is 0 Å². The van der Waals surface area contributed by atoms with Gasteiger partial charge in [-0.3, -0.25) is 9.59 Å². The normalized spacial score (nSPS) is 12.9. The van der Waals surface area contributed by atoms with Crippen LogP contribution in [0.5, 0.6) is 0 Å². The number of amides is 2. The standard InChI is InChI=1S/C21H25FN4O4/c1-2-26(10-9-23-21(29)30)20(28)16-11-13(7-8-17(16)22)12-18-14-5-3-4-6-15(14)19(27)25-24-18/h7-8,11,23H,2-6,9-10,12H2,1H3,(H,25,27)(H,29,30). The van der Waals surface area contributed by atoms with Crippen LogP contribution in [0.15, 0.2) is 23.0 Å². The maximum absolute atomic E-state index is 14.4. The number of nitrogens with one attached hydrogen (secondary N) is 2. The Bertz CT molecular complexity index is 1000. The van der Waals surface area contributed by atoms with Crippen LogP contribution in [0.1, 0.15) is 52.5 Å². The number of carboxylic acid groups (broad SMARTS) is 1. The molecule has 160 valence electrons. The van der Waals surface area contributed by atoms with Gasteiger partial charge < -0.3 is 15.3 Å². The highest BCUT2D eigenvalue weighted by molar-refractivity contribution is 5.94. The van der Waals surface area contributed by atoms with Gasteiger partial charge in [0.15, 0.2) is 0 Å². The molecule has 0 aliphatic heterocycles. The summed E-state index contributed by atoms with van der Waals surface area (Å²) in [7, 11) is 0. The summed E-state index contributed by atoms with van der Waals surface area (Å²) < 4.78 is 14.4. The van der Waals surface area contributed by atoms with E-state index in [0.29, 0.717) is 18.5 Å². The number of aromatic amines is 1. The van der Waals surface area contributed by atoms with Gasteiger partial charge in [0.2, 0.25) is 0 Å². The number of halogens is 1. The third kappa shape index (κ3) is 4.84. The van der Waals surface area contributed by atoms with Gasteiger partial charge in [0, 0.05) is 31.6 Å². The Morgan fingerprint density at radius 1 is 1.27 bits per heavy atom. The first-order chi connectivity index (χ1) is 14.4. The summed E-state index contributed by atoms with van der Waals surface area (Å²) in [6.45, 7) is 2.26. The molecule has 0 atom stereocenters. The molecule has 2 amide bonds. The minimum absolute atomic E-state index is 0.0592. The van der Waals surface area contributed by atoms with E-state index in [2.05, 4.69) is 15.5 Å². The van der Waals surface area contributed by atoms with Crippen LogP contribution in [-0.4, -0.2) is 51.8 Å². The SMILES string of the molecule is CCN(CCNC(=O)O)C(=O)c1cc(Cc2n[nH]c(=O)c3c2CCCC3)ccc1F. The van der Waals surface area contributed by atoms with Crippen molar-refractivity contribution in [2.24, 2.45) is 0 Å². The van der Waals surface area contributed by atoms with Gasteiger partial charge in [-0.25, -0.2) is 14.3 Å². The summed E-state index contributed by atoms with van der Waals surface area (Å²) in [5, 5.41) is 17.6. The fraction of sp³-hybridized carbons (Fsp3) is 0.429. The Balaban J connectivity index is 1.82. The summed E-state index contributed by atoms with van der Waals surface area (Å²) in [5.74, 6) is -1.13. The maximum atomic E-state index is 14.4. The van der Waals surface area contributed by atoms with Crippen LogP contribution in [0.3, 0.4) is 0 Å². The van der Waals surface area contributed by atoms with Crippen LogP contribution < -0.4 is 10.9 Å². The predicted molar refractivity (Wildman–Crippen MR) is 108 cm³/mol. The maximum Gasteiger partial charge on any atom is 0.404 e. The van der Waals surface area contributed by atoms with E-state index in [1.807, 2.05) is 0 Å². The van der Waals surface area contributed by atoms with Crippen LogP contribution in [0.25, 0.3) is 0 Å². The van der Waals surface area contributed by atoms with Gasteiger partial charge in [-0.15, -0.1) is 0 Å². The molecular formula is C21H25FN4O4. The molecule has 0 radical (unpaired) electrons. The number of benzene rings is 1. The molecule has 2 aromatic rings. The Labute approximate surface area is 173 Å². The second-order valence-electron chi connectivity index (χ2n) is 7.27. The molecule has 9 heteroatoms. The van der Waals surface area contributed by atoms with Gasteiger partial charge in [-0.1, -0.05) is 6.07 Å². The zero-order chi connectivity index (χ0) is 21.7. The largest absolute Gasteiger partial charge is 0.465 e. The molecule has 1 heterocycles. The number of carbonyl (C=O) groups excluding carboxylic acids is 1. The molecule has 3 rings (SSSR count). The molecular weight excluding hydrogens is 391 g/mol. The van der Waals surface area contributed by atoms with Crippen molar-refractivity contribution in [2.45, 2.75) is 39.0 Å². The van der Waals surface area contributed by atoms with Crippen molar-refractivity contribution < 1.29 is 19.1 Å². The third-order valence-corrected chi connectivity index (χ3v) is 5.34. The molecule has 0 spiro atoms. The van der Waals surface area contributed by atoms with E-state index in [1.165, 1.54) is 17.0 Å². The van der Waals surface area contributed by atoms with Crippen molar-refractivity contribution in [3.8, 4) is 0 Å². The minimum Gasteiger partial charge on any atom is -0.465 e. The lowest BCUT2D eigenvalue weighted by Gasteiger charge is -2.21. The van der Waals surface area contributed by atoms with E-state index in [9.17, 15) is 18.8 Å². The molecule has 8 nitrogen and oxygen atoms in total. The van der Waals surface area contributed by atoms with Gasteiger partial charge in [0.25, 0.3) is 11.5 Å². The van der Waals surface area contributed by atoms with Crippen molar-refractivity contribution in [3.63, 3.8) is 0 Å². The lowest BCUT2D eigenvalue weighted by Crippen LogP contribution is -2.38. The zero-order valence-electron chi connectivity index (χ0n) is 16.8. The van der Waals surface area contributed by atoms with E-state index in [4.69, 9.17) is 5.11 Å². The summed E-state index contributed by atoms with van der Waals surface area (Å²) in [6.07, 6.45) is 2.68. The number of hydrogen-bond acceptors (Lipinski definition) is 4. The van der Waals surface area contributed by atoms with E-state index in [0.717, 1.165) is 42.5 Å². The van der Waals surface area contributed by atoms with Crippen LogP contribution in [0, 0.1) is 5.82 Å². The average molecular weight is 416 g/mol. The lowest BCUT2D eigenvalue weighted by molar-refractivity contribution is 0.0759. The molecule has 3 N–H and O–H groups in total. The lowest BCUT2D eigenvalue weighted by atomic mass is 9.90. The van der Waals surface area contributed by atoms with Gasteiger partial charge in [-0.05, 0) is 55.9 Å². The van der Waals surface area contributed by atoms with Crippen LogP contribution in [0.2, 0.25) is 0 Å². The fourth-order valence-electron chi connectivity index (χ4n) is 3.78. The first-order valence-corrected chi connectivity index (χ1v) is 10.0. The Morgan fingerprint density at radius 2 is 2.00 bits per heavy atom. The second-order valence-corrected chi connectivity index (χ2v) is 7.27. The number of nitrogens with zero attached hydrogens (tertiary/aromatic N) is 2. The topological polar surface area (TPSA) is 115 Å². The second kappa shape index (κ2) is 9.51. The Morgan fingerprint density at radius 3 is 2.70 bits per heavy atom. The zero-order valence-corrected chi connectivity index (χ0v) is 16.8. The van der Waals surface area contributed by atoms with Crippen molar-refractivity contribution in [3.05, 3.63) is 62.3 Å². The monoisotopic (exact) mass is 416 g/mol. The van der Waals surface area contributed by atoms with E-state index < -0.39 is 17.8 Å². The minimum atomic E-state index is -1.18. The van der Waals surface area contributed by atoms with Gasteiger partial charge in [0.05, 0.1) is 11.3 Å². The number of rotatable bonds is 7. The number of H-pyrrole nitrogens is 1. The van der Waals surface area contributed by atoms with Crippen LogP contribution in [-0.2, 0) is 19.3 Å². The molecule has 0 fully saturated rings. The number of aromatic nitrogens is 2. The number of fused-ring (bicyclic) bond motifs is 1. The van der Waals surface area contributed by atoms with Crippen molar-refractivity contribution in [2.75, 3.05) is 19.6 Å². The molecule has 0 saturated heterocycles. The van der Waals surface area contributed by atoms with Gasteiger partial charge in [0.1, 0.15) is 5.82 Å². The van der Waals surface area contributed by atoms with E-state index >= 15 is 0 Å². The predicted octanol–water partition coefficient (Wildman–Crippen LogP) is 2.11. The fourth-order valence-corrected chi connectivity index (χ4v) is 3.78. The van der Waals surface area contributed by atoms with Gasteiger partial charge in [-0.2, -0.15) is 5.10 Å². The summed E-state index contributed by atoms with van der Waals surface area (Å²) >= 11 is 0. The smallest absolute Gasteiger partial charge is 0.404 e. The third-order valence-electron chi connectivity index (χ3n) is 5.34. The average Bonchev–Trinajstić information content (AvgIpc) is 2.74.